The minimum atomic E-state index is 0.248. The zero-order chi connectivity index (χ0) is 19.4. The summed E-state index contributed by atoms with van der Waals surface area (Å²) in [5, 5.41) is 8.85. The van der Waals surface area contributed by atoms with Crippen molar-refractivity contribution in [2.45, 2.75) is 71.8 Å². The van der Waals surface area contributed by atoms with Gasteiger partial charge in [0, 0.05) is 31.7 Å². The van der Waals surface area contributed by atoms with Gasteiger partial charge in [-0.1, -0.05) is 19.9 Å². The largest absolute Gasteiger partial charge is 0.497 e. The van der Waals surface area contributed by atoms with Crippen LogP contribution in [0.15, 0.2) is 18.2 Å². The van der Waals surface area contributed by atoms with Gasteiger partial charge in [0.2, 0.25) is 0 Å². The highest BCUT2D eigenvalue weighted by molar-refractivity contribution is 5.81. The van der Waals surface area contributed by atoms with E-state index in [2.05, 4.69) is 28.6 Å². The number of Topliss-reactive ketones (excluding diaryl/α,β-unsaturated/α-hetero) is 1. The lowest BCUT2D eigenvalue weighted by Gasteiger charge is -2.10. The molecule has 146 valence electrons. The number of hydrogen-bond donors (Lipinski definition) is 0. The Balaban J connectivity index is 1.60. The van der Waals surface area contributed by atoms with E-state index in [0.29, 0.717) is 31.2 Å². The Morgan fingerprint density at radius 1 is 1.22 bits per heavy atom. The van der Waals surface area contributed by atoms with Crippen LogP contribution in [0.4, 0.5) is 0 Å². The van der Waals surface area contributed by atoms with Gasteiger partial charge in [0.05, 0.1) is 7.11 Å². The first-order valence-electron chi connectivity index (χ1n) is 10.1. The Labute approximate surface area is 162 Å². The van der Waals surface area contributed by atoms with Gasteiger partial charge >= 0.3 is 0 Å². The molecule has 1 heterocycles. The lowest BCUT2D eigenvalue weighted by Crippen LogP contribution is -2.11. The van der Waals surface area contributed by atoms with Crippen molar-refractivity contribution in [1.82, 2.24) is 14.8 Å². The molecule has 0 spiro atoms. The summed E-state index contributed by atoms with van der Waals surface area (Å²) in [5.41, 5.74) is 2.17. The molecule has 0 N–H and O–H groups in total. The first-order chi connectivity index (χ1) is 13.0. The lowest BCUT2D eigenvalue weighted by atomic mass is 10.0. The van der Waals surface area contributed by atoms with Crippen LogP contribution in [0.5, 0.6) is 5.75 Å². The molecule has 1 saturated carbocycles. The number of aromatic nitrogens is 3. The van der Waals surface area contributed by atoms with Gasteiger partial charge in [0.15, 0.2) is 0 Å². The molecular formula is C22H31N3O2. The maximum absolute atomic E-state index is 12.5. The summed E-state index contributed by atoms with van der Waals surface area (Å²) < 4.78 is 7.55. The molecule has 3 rings (SSSR count). The fourth-order valence-corrected chi connectivity index (χ4v) is 3.42. The van der Waals surface area contributed by atoms with E-state index in [4.69, 9.17) is 4.74 Å². The van der Waals surface area contributed by atoms with Gasteiger partial charge in [0.25, 0.3) is 0 Å². The third-order valence-corrected chi connectivity index (χ3v) is 5.26. The summed E-state index contributed by atoms with van der Waals surface area (Å²) in [4.78, 5) is 12.5. The van der Waals surface area contributed by atoms with Crippen LogP contribution >= 0.6 is 0 Å². The number of ether oxygens (including phenoxy) is 1. The molecule has 1 aliphatic rings. The van der Waals surface area contributed by atoms with Gasteiger partial charge in [-0.25, -0.2) is 0 Å². The average molecular weight is 370 g/mol. The molecule has 5 nitrogen and oxygen atoms in total. The van der Waals surface area contributed by atoms with Crippen molar-refractivity contribution in [3.05, 3.63) is 41.0 Å². The van der Waals surface area contributed by atoms with Crippen molar-refractivity contribution >= 4 is 5.78 Å². The smallest absolute Gasteiger partial charge is 0.137 e. The zero-order valence-corrected chi connectivity index (χ0v) is 17.0. The number of nitrogens with zero attached hydrogens (tertiary/aromatic N) is 3. The predicted molar refractivity (Wildman–Crippen MR) is 106 cm³/mol. The van der Waals surface area contributed by atoms with Crippen molar-refractivity contribution in [1.29, 1.82) is 0 Å². The van der Waals surface area contributed by atoms with Crippen LogP contribution in [0.2, 0.25) is 0 Å². The Morgan fingerprint density at radius 2 is 1.93 bits per heavy atom. The summed E-state index contributed by atoms with van der Waals surface area (Å²) in [6, 6.07) is 6.44. The summed E-state index contributed by atoms with van der Waals surface area (Å²) >= 11 is 0. The number of methoxy groups -OCH3 is 1. The number of ketones is 1. The maximum atomic E-state index is 12.5. The van der Waals surface area contributed by atoms with E-state index >= 15 is 0 Å². The van der Waals surface area contributed by atoms with E-state index in [1.165, 1.54) is 12.8 Å². The number of carbonyl (C=O) groups is 1. The molecule has 5 heteroatoms. The highest BCUT2D eigenvalue weighted by Crippen LogP contribution is 2.37. The SMILES string of the molecule is COc1ccc(CC(=O)CCc2nnc(CCC(C)C)n2C2CC2)c(C)c1. The van der Waals surface area contributed by atoms with Crippen molar-refractivity contribution < 1.29 is 9.53 Å². The third-order valence-electron chi connectivity index (χ3n) is 5.26. The normalized spacial score (nSPS) is 14.0. The van der Waals surface area contributed by atoms with Crippen molar-refractivity contribution in [2.24, 2.45) is 5.92 Å². The predicted octanol–water partition coefficient (Wildman–Crippen LogP) is 4.26. The summed E-state index contributed by atoms with van der Waals surface area (Å²) in [5.74, 6) is 3.82. The second kappa shape index (κ2) is 8.68. The van der Waals surface area contributed by atoms with Crippen molar-refractivity contribution in [3.8, 4) is 5.75 Å². The van der Waals surface area contributed by atoms with E-state index in [0.717, 1.165) is 41.4 Å². The highest BCUT2D eigenvalue weighted by Gasteiger charge is 2.29. The van der Waals surface area contributed by atoms with E-state index in [-0.39, 0.29) is 5.78 Å². The van der Waals surface area contributed by atoms with E-state index in [1.54, 1.807) is 7.11 Å². The molecule has 0 aliphatic heterocycles. The monoisotopic (exact) mass is 369 g/mol. The van der Waals surface area contributed by atoms with Gasteiger partial charge < -0.3 is 9.30 Å². The number of hydrogen-bond acceptors (Lipinski definition) is 4. The van der Waals surface area contributed by atoms with Crippen molar-refractivity contribution in [2.75, 3.05) is 7.11 Å². The average Bonchev–Trinajstić information content (AvgIpc) is 3.40. The Bertz CT molecular complexity index is 791. The minimum absolute atomic E-state index is 0.248. The summed E-state index contributed by atoms with van der Waals surface area (Å²) in [7, 11) is 1.66. The van der Waals surface area contributed by atoms with Crippen molar-refractivity contribution in [3.63, 3.8) is 0 Å². The van der Waals surface area contributed by atoms with E-state index in [1.807, 2.05) is 25.1 Å². The molecule has 0 atom stereocenters. The second-order valence-electron chi connectivity index (χ2n) is 8.07. The van der Waals surface area contributed by atoms with Crippen LogP contribution in [0.3, 0.4) is 0 Å². The molecule has 1 fully saturated rings. The Hall–Kier alpha value is -2.17. The highest BCUT2D eigenvalue weighted by atomic mass is 16.5. The maximum Gasteiger partial charge on any atom is 0.137 e. The van der Waals surface area contributed by atoms with E-state index < -0.39 is 0 Å². The number of benzene rings is 1. The molecule has 1 aromatic carbocycles. The van der Waals surface area contributed by atoms with Gasteiger partial charge in [-0.3, -0.25) is 4.79 Å². The van der Waals surface area contributed by atoms with Crippen LogP contribution in [0.1, 0.15) is 68.3 Å². The topological polar surface area (TPSA) is 57.0 Å². The third kappa shape index (κ3) is 5.18. The molecule has 2 aromatic rings. The standard InChI is InChI=1S/C22H31N3O2/c1-15(2)5-11-21-23-24-22(25(21)18-7-8-18)12-9-19(26)14-17-6-10-20(27-4)13-16(17)3/h6,10,13,15,18H,5,7-9,11-12,14H2,1-4H3. The number of aryl methyl sites for hydroxylation is 3. The van der Waals surface area contributed by atoms with E-state index in [9.17, 15) is 4.79 Å². The van der Waals surface area contributed by atoms with Crippen LogP contribution in [0, 0.1) is 12.8 Å². The number of carbonyl (C=O) groups excluding carboxylic acids is 1. The Morgan fingerprint density at radius 3 is 2.52 bits per heavy atom. The fourth-order valence-electron chi connectivity index (χ4n) is 3.42. The lowest BCUT2D eigenvalue weighted by molar-refractivity contribution is -0.118. The molecule has 0 radical (unpaired) electrons. The second-order valence-corrected chi connectivity index (χ2v) is 8.07. The summed E-state index contributed by atoms with van der Waals surface area (Å²) in [6.45, 7) is 6.49. The quantitative estimate of drug-likeness (QED) is 0.628. The molecule has 1 aliphatic carbocycles. The van der Waals surface area contributed by atoms with Gasteiger partial charge in [-0.2, -0.15) is 0 Å². The fraction of sp³-hybridized carbons (Fsp3) is 0.591. The first-order valence-corrected chi connectivity index (χ1v) is 10.1. The summed E-state index contributed by atoms with van der Waals surface area (Å²) in [6.07, 6.45) is 6.17. The van der Waals surface area contributed by atoms with Crippen LogP contribution in [0.25, 0.3) is 0 Å². The Kier molecular flexibility index (Phi) is 6.30. The van der Waals surface area contributed by atoms with Crippen LogP contribution < -0.4 is 4.74 Å². The molecular weight excluding hydrogens is 338 g/mol. The number of rotatable bonds is 10. The van der Waals surface area contributed by atoms with Crippen LogP contribution in [-0.4, -0.2) is 27.7 Å². The van der Waals surface area contributed by atoms with Gasteiger partial charge in [0.1, 0.15) is 23.2 Å². The molecule has 0 saturated heterocycles. The molecule has 0 amide bonds. The van der Waals surface area contributed by atoms with Crippen LogP contribution in [-0.2, 0) is 24.1 Å². The zero-order valence-electron chi connectivity index (χ0n) is 17.0. The van der Waals surface area contributed by atoms with Gasteiger partial charge in [-0.15, -0.1) is 10.2 Å². The first kappa shape index (κ1) is 19.6. The molecule has 0 unspecified atom stereocenters. The minimum Gasteiger partial charge on any atom is -0.497 e. The van der Waals surface area contributed by atoms with Gasteiger partial charge in [-0.05, 0) is 55.4 Å². The molecule has 0 bridgehead atoms. The molecule has 27 heavy (non-hydrogen) atoms. The molecule has 1 aromatic heterocycles.